The first-order chi connectivity index (χ1) is 11.7. The SMILES string of the molecule is CC(C)(C)OC(=O)NC(C(=O)N[C@@H]1C(=O)N[C@@H]1CI)c1ccccc1. The summed E-state index contributed by atoms with van der Waals surface area (Å²) < 4.78 is 5.92. The van der Waals surface area contributed by atoms with Crippen molar-refractivity contribution in [3.63, 3.8) is 0 Å². The standard InChI is InChI=1S/C17H22IN3O4/c1-17(2,3)25-16(24)21-12(10-7-5-4-6-8-10)14(22)20-13-11(9-18)19-15(13)23/h4-8,11-13H,9H2,1-3H3,(H,19,23)(H,20,22)(H,21,24)/t11-,12?,13+/m1/s1. The number of β-lactam (4-membered cyclic amide) rings is 1. The normalized spacial score (nSPS) is 20.7. The quantitative estimate of drug-likeness (QED) is 0.355. The van der Waals surface area contributed by atoms with Crippen molar-refractivity contribution >= 4 is 40.5 Å². The highest BCUT2D eigenvalue weighted by Gasteiger charge is 2.41. The minimum atomic E-state index is -0.945. The zero-order valence-corrected chi connectivity index (χ0v) is 16.5. The van der Waals surface area contributed by atoms with Gasteiger partial charge in [-0.1, -0.05) is 52.9 Å². The number of benzene rings is 1. The van der Waals surface area contributed by atoms with E-state index < -0.39 is 29.7 Å². The van der Waals surface area contributed by atoms with Gasteiger partial charge < -0.3 is 20.7 Å². The molecule has 8 heteroatoms. The average Bonchev–Trinajstić information content (AvgIpc) is 2.54. The number of nitrogens with one attached hydrogen (secondary N) is 3. The molecule has 0 radical (unpaired) electrons. The van der Waals surface area contributed by atoms with Gasteiger partial charge in [0.2, 0.25) is 11.8 Å². The van der Waals surface area contributed by atoms with Gasteiger partial charge in [-0.25, -0.2) is 4.79 Å². The molecular formula is C17H22IN3O4. The third kappa shape index (κ3) is 5.32. The Morgan fingerprint density at radius 3 is 2.44 bits per heavy atom. The lowest BCUT2D eigenvalue weighted by Crippen LogP contribution is -2.70. The predicted octanol–water partition coefficient (Wildman–Crippen LogP) is 1.67. The lowest BCUT2D eigenvalue weighted by atomic mass is 9.99. The van der Waals surface area contributed by atoms with Crippen LogP contribution in [0.2, 0.25) is 0 Å². The third-order valence-corrected chi connectivity index (χ3v) is 4.48. The van der Waals surface area contributed by atoms with Crippen molar-refractivity contribution in [2.24, 2.45) is 0 Å². The Bertz CT molecular complexity index is 645. The molecule has 25 heavy (non-hydrogen) atoms. The second-order valence-electron chi connectivity index (χ2n) is 6.75. The van der Waals surface area contributed by atoms with E-state index in [2.05, 4.69) is 38.5 Å². The summed E-state index contributed by atoms with van der Waals surface area (Å²) in [6.07, 6.45) is -0.694. The number of carbonyl (C=O) groups excluding carboxylic acids is 3. The van der Waals surface area contributed by atoms with Crippen molar-refractivity contribution in [3.05, 3.63) is 35.9 Å². The summed E-state index contributed by atoms with van der Waals surface area (Å²) in [6, 6.07) is 7.20. The maximum absolute atomic E-state index is 12.7. The number of rotatable bonds is 5. The fourth-order valence-corrected chi connectivity index (χ4v) is 3.07. The van der Waals surface area contributed by atoms with Crippen LogP contribution in [0.15, 0.2) is 30.3 Å². The zero-order chi connectivity index (χ0) is 18.6. The maximum atomic E-state index is 12.7. The van der Waals surface area contributed by atoms with Gasteiger partial charge in [0.25, 0.3) is 0 Å². The number of hydrogen-bond donors (Lipinski definition) is 3. The van der Waals surface area contributed by atoms with Gasteiger partial charge in [0.1, 0.15) is 17.7 Å². The Labute approximate surface area is 160 Å². The molecule has 0 aliphatic carbocycles. The van der Waals surface area contributed by atoms with Crippen LogP contribution in [-0.2, 0) is 14.3 Å². The van der Waals surface area contributed by atoms with Crippen molar-refractivity contribution in [1.29, 1.82) is 0 Å². The first kappa shape index (κ1) is 19.5. The highest BCUT2D eigenvalue weighted by Crippen LogP contribution is 2.17. The molecule has 1 aromatic carbocycles. The Morgan fingerprint density at radius 1 is 1.28 bits per heavy atom. The zero-order valence-electron chi connectivity index (χ0n) is 14.3. The molecule has 3 N–H and O–H groups in total. The summed E-state index contributed by atoms with van der Waals surface area (Å²) in [4.78, 5) is 36.5. The van der Waals surface area contributed by atoms with E-state index >= 15 is 0 Å². The molecule has 1 heterocycles. The van der Waals surface area contributed by atoms with Crippen molar-refractivity contribution in [2.45, 2.75) is 44.5 Å². The van der Waals surface area contributed by atoms with Crippen molar-refractivity contribution < 1.29 is 19.1 Å². The van der Waals surface area contributed by atoms with Crippen LogP contribution in [0.25, 0.3) is 0 Å². The van der Waals surface area contributed by atoms with Crippen LogP contribution in [0.1, 0.15) is 32.4 Å². The summed E-state index contributed by atoms with van der Waals surface area (Å²) in [7, 11) is 0. The third-order valence-electron chi connectivity index (χ3n) is 3.53. The summed E-state index contributed by atoms with van der Waals surface area (Å²) in [5, 5.41) is 8.02. The summed E-state index contributed by atoms with van der Waals surface area (Å²) in [5.74, 6) is -0.675. The van der Waals surface area contributed by atoms with Crippen molar-refractivity contribution in [2.75, 3.05) is 4.43 Å². The van der Waals surface area contributed by atoms with Gasteiger partial charge in [-0.2, -0.15) is 0 Å². The second-order valence-corrected chi connectivity index (χ2v) is 7.63. The van der Waals surface area contributed by atoms with Gasteiger partial charge in [-0.3, -0.25) is 9.59 Å². The van der Waals surface area contributed by atoms with E-state index in [9.17, 15) is 14.4 Å². The van der Waals surface area contributed by atoms with Crippen LogP contribution in [0.4, 0.5) is 4.79 Å². The lowest BCUT2D eigenvalue weighted by Gasteiger charge is -2.36. The summed E-state index contributed by atoms with van der Waals surface area (Å²) >= 11 is 2.14. The minimum absolute atomic E-state index is 0.102. The second kappa shape index (κ2) is 8.03. The van der Waals surface area contributed by atoms with Crippen LogP contribution < -0.4 is 16.0 Å². The van der Waals surface area contributed by atoms with Gasteiger partial charge in [-0.05, 0) is 26.3 Å². The number of carbonyl (C=O) groups is 3. The molecular weight excluding hydrogens is 437 g/mol. The van der Waals surface area contributed by atoms with Crippen LogP contribution in [0.5, 0.6) is 0 Å². The Kier molecular flexibility index (Phi) is 6.26. The summed E-state index contributed by atoms with van der Waals surface area (Å²) in [5.41, 5.74) is -0.0706. The Balaban J connectivity index is 2.13. The molecule has 1 fully saturated rings. The van der Waals surface area contributed by atoms with Crippen LogP contribution in [-0.4, -0.2) is 40.0 Å². The number of ether oxygens (including phenoxy) is 1. The van der Waals surface area contributed by atoms with Gasteiger partial charge in [-0.15, -0.1) is 0 Å². The number of alkyl halides is 1. The molecule has 3 amide bonds. The topological polar surface area (TPSA) is 96.5 Å². The van der Waals surface area contributed by atoms with Crippen LogP contribution in [0.3, 0.4) is 0 Å². The van der Waals surface area contributed by atoms with Gasteiger partial charge in [0.05, 0.1) is 6.04 Å². The maximum Gasteiger partial charge on any atom is 0.408 e. The van der Waals surface area contributed by atoms with E-state index in [4.69, 9.17) is 4.74 Å². The van der Waals surface area contributed by atoms with Gasteiger partial charge in [0, 0.05) is 4.43 Å². The van der Waals surface area contributed by atoms with E-state index in [1.807, 2.05) is 6.07 Å². The highest BCUT2D eigenvalue weighted by atomic mass is 127. The molecule has 0 aromatic heterocycles. The molecule has 0 saturated carbocycles. The smallest absolute Gasteiger partial charge is 0.408 e. The Morgan fingerprint density at radius 2 is 1.92 bits per heavy atom. The van der Waals surface area contributed by atoms with E-state index in [1.54, 1.807) is 45.0 Å². The largest absolute Gasteiger partial charge is 0.444 e. The van der Waals surface area contributed by atoms with E-state index in [-0.39, 0.29) is 11.9 Å². The fraction of sp³-hybridized carbons (Fsp3) is 0.471. The van der Waals surface area contributed by atoms with Crippen molar-refractivity contribution in [3.8, 4) is 0 Å². The van der Waals surface area contributed by atoms with E-state index in [1.165, 1.54) is 0 Å². The first-order valence-electron chi connectivity index (χ1n) is 7.92. The number of hydrogen-bond acceptors (Lipinski definition) is 4. The molecule has 136 valence electrons. The highest BCUT2D eigenvalue weighted by molar-refractivity contribution is 14.1. The molecule has 1 aliphatic heterocycles. The van der Waals surface area contributed by atoms with Gasteiger partial charge in [0.15, 0.2) is 0 Å². The molecule has 2 rings (SSSR count). The molecule has 1 unspecified atom stereocenters. The monoisotopic (exact) mass is 459 g/mol. The predicted molar refractivity (Wildman–Crippen MR) is 101 cm³/mol. The average molecular weight is 459 g/mol. The molecule has 7 nitrogen and oxygen atoms in total. The van der Waals surface area contributed by atoms with Crippen LogP contribution >= 0.6 is 22.6 Å². The molecule has 0 bridgehead atoms. The number of halogens is 1. The minimum Gasteiger partial charge on any atom is -0.444 e. The molecule has 1 aliphatic rings. The van der Waals surface area contributed by atoms with E-state index in [0.29, 0.717) is 9.99 Å². The molecule has 1 aromatic rings. The first-order valence-corrected chi connectivity index (χ1v) is 9.45. The molecule has 1 saturated heterocycles. The number of amides is 3. The Hall–Kier alpha value is -1.84. The molecule has 3 atom stereocenters. The van der Waals surface area contributed by atoms with Crippen molar-refractivity contribution in [1.82, 2.24) is 16.0 Å². The van der Waals surface area contributed by atoms with Gasteiger partial charge >= 0.3 is 6.09 Å². The van der Waals surface area contributed by atoms with Crippen LogP contribution in [0, 0.1) is 0 Å². The number of alkyl carbamates (subject to hydrolysis) is 1. The summed E-state index contributed by atoms with van der Waals surface area (Å²) in [6.45, 7) is 5.23. The van der Waals surface area contributed by atoms with E-state index in [0.717, 1.165) is 0 Å². The fourth-order valence-electron chi connectivity index (χ4n) is 2.34. The molecule has 0 spiro atoms. The lowest BCUT2D eigenvalue weighted by molar-refractivity contribution is -0.136.